The van der Waals surface area contributed by atoms with Crippen LogP contribution >= 0.6 is 22.7 Å². The molecule has 2 aromatic rings. The van der Waals surface area contributed by atoms with Crippen molar-refractivity contribution in [3.63, 3.8) is 0 Å². The third-order valence-electron chi connectivity index (χ3n) is 2.52. The number of thiophene rings is 2. The summed E-state index contributed by atoms with van der Waals surface area (Å²) in [6.07, 6.45) is 0. The minimum atomic E-state index is -0.474. The quantitative estimate of drug-likeness (QED) is 0.475. The fourth-order valence-electron chi connectivity index (χ4n) is 1.45. The van der Waals surface area contributed by atoms with Crippen LogP contribution in [0.1, 0.15) is 42.9 Å². The first kappa shape index (κ1) is 17.2. The van der Waals surface area contributed by atoms with Gasteiger partial charge in [0.1, 0.15) is 0 Å². The standard InChI is InChI=1S/C7H7NO3S.C7H8OS/c1-4(9)7-3-6(8(10)11)5(2)12-7;1-5-3-4-7(9-5)6(2)8/h3H,1-2H3;3-4H,1-2H3. The summed E-state index contributed by atoms with van der Waals surface area (Å²) in [7, 11) is 0. The van der Waals surface area contributed by atoms with Gasteiger partial charge >= 0.3 is 0 Å². The van der Waals surface area contributed by atoms with Gasteiger partial charge in [0.05, 0.1) is 19.6 Å². The Bertz CT molecular complexity index is 685. The molecule has 5 nitrogen and oxygen atoms in total. The van der Waals surface area contributed by atoms with Gasteiger partial charge in [-0.15, -0.1) is 22.7 Å². The van der Waals surface area contributed by atoms with Gasteiger partial charge in [-0.3, -0.25) is 19.7 Å². The van der Waals surface area contributed by atoms with Gasteiger partial charge in [-0.25, -0.2) is 0 Å². The van der Waals surface area contributed by atoms with Gasteiger partial charge in [0.25, 0.3) is 5.69 Å². The molecule has 0 spiro atoms. The molecule has 0 aliphatic heterocycles. The van der Waals surface area contributed by atoms with E-state index in [1.807, 2.05) is 19.1 Å². The van der Waals surface area contributed by atoms with Crippen LogP contribution in [0, 0.1) is 24.0 Å². The molecular formula is C14H15NO4S2. The van der Waals surface area contributed by atoms with E-state index in [1.165, 1.54) is 17.9 Å². The lowest BCUT2D eigenvalue weighted by Crippen LogP contribution is -1.87. The second kappa shape index (κ2) is 7.24. The van der Waals surface area contributed by atoms with Crippen molar-refractivity contribution in [1.29, 1.82) is 0 Å². The Morgan fingerprint density at radius 1 is 1.05 bits per heavy atom. The fourth-order valence-corrected chi connectivity index (χ4v) is 3.10. The van der Waals surface area contributed by atoms with Crippen LogP contribution in [0.25, 0.3) is 0 Å². The van der Waals surface area contributed by atoms with Crippen molar-refractivity contribution < 1.29 is 14.5 Å². The maximum Gasteiger partial charge on any atom is 0.283 e. The van der Waals surface area contributed by atoms with E-state index in [9.17, 15) is 19.7 Å². The van der Waals surface area contributed by atoms with Crippen molar-refractivity contribution in [2.24, 2.45) is 0 Å². The number of rotatable bonds is 3. The van der Waals surface area contributed by atoms with E-state index < -0.39 is 4.92 Å². The number of nitrogens with zero attached hydrogens (tertiary/aromatic N) is 1. The minimum Gasteiger partial charge on any atom is -0.294 e. The lowest BCUT2D eigenvalue weighted by atomic mass is 10.3. The summed E-state index contributed by atoms with van der Waals surface area (Å²) < 4.78 is 0. The summed E-state index contributed by atoms with van der Waals surface area (Å²) in [5.41, 5.74) is 0.0326. The second-order valence-corrected chi connectivity index (χ2v) is 6.88. The monoisotopic (exact) mass is 325 g/mol. The summed E-state index contributed by atoms with van der Waals surface area (Å²) >= 11 is 2.71. The first-order chi connectivity index (χ1) is 9.72. The van der Waals surface area contributed by atoms with Crippen LogP contribution in [0.5, 0.6) is 0 Å². The Labute approximate surface area is 130 Å². The van der Waals surface area contributed by atoms with Crippen LogP contribution in [-0.4, -0.2) is 16.5 Å². The second-order valence-electron chi connectivity index (χ2n) is 4.33. The molecule has 21 heavy (non-hydrogen) atoms. The summed E-state index contributed by atoms with van der Waals surface area (Å²) in [6, 6.07) is 5.14. The van der Waals surface area contributed by atoms with Crippen LogP contribution in [0.15, 0.2) is 18.2 Å². The molecule has 2 heterocycles. The van der Waals surface area contributed by atoms with Gasteiger partial charge in [0.15, 0.2) is 11.6 Å². The van der Waals surface area contributed by atoms with E-state index in [4.69, 9.17) is 0 Å². The normalized spacial score (nSPS) is 9.71. The summed E-state index contributed by atoms with van der Waals surface area (Å²) in [5.74, 6) is 0.0318. The first-order valence-corrected chi connectivity index (χ1v) is 7.68. The van der Waals surface area contributed by atoms with E-state index in [2.05, 4.69) is 0 Å². The average Bonchev–Trinajstić information content (AvgIpc) is 2.96. The molecular weight excluding hydrogens is 310 g/mol. The van der Waals surface area contributed by atoms with Crippen LogP contribution in [-0.2, 0) is 0 Å². The molecule has 2 rings (SSSR count). The molecule has 112 valence electrons. The Morgan fingerprint density at radius 3 is 1.86 bits per heavy atom. The molecule has 0 aliphatic rings. The van der Waals surface area contributed by atoms with Gasteiger partial charge in [0.2, 0.25) is 0 Å². The fraction of sp³-hybridized carbons (Fsp3) is 0.286. The zero-order valence-corrected chi connectivity index (χ0v) is 13.8. The van der Waals surface area contributed by atoms with Crippen LogP contribution in [0.4, 0.5) is 5.69 Å². The maximum atomic E-state index is 10.8. The van der Waals surface area contributed by atoms with Crippen molar-refractivity contribution in [2.75, 3.05) is 0 Å². The van der Waals surface area contributed by atoms with Gasteiger partial charge in [0, 0.05) is 10.9 Å². The third-order valence-corrected chi connectivity index (χ3v) is 4.76. The predicted octanol–water partition coefficient (Wildman–Crippen LogP) is 4.43. The summed E-state index contributed by atoms with van der Waals surface area (Å²) in [5, 5.41) is 10.4. The Hall–Kier alpha value is -1.86. The van der Waals surface area contributed by atoms with Crippen LogP contribution < -0.4 is 0 Å². The van der Waals surface area contributed by atoms with Crippen molar-refractivity contribution in [3.8, 4) is 0 Å². The van der Waals surface area contributed by atoms with Gasteiger partial charge in [-0.05, 0) is 39.8 Å². The van der Waals surface area contributed by atoms with Gasteiger partial charge < -0.3 is 0 Å². The summed E-state index contributed by atoms with van der Waals surface area (Å²) in [6.45, 7) is 6.62. The average molecular weight is 325 g/mol. The van der Waals surface area contributed by atoms with Crippen molar-refractivity contribution in [2.45, 2.75) is 27.7 Å². The molecule has 7 heteroatoms. The van der Waals surface area contributed by atoms with E-state index >= 15 is 0 Å². The number of nitro groups is 1. The Balaban J connectivity index is 0.000000219. The van der Waals surface area contributed by atoms with Crippen LogP contribution in [0.3, 0.4) is 0 Å². The van der Waals surface area contributed by atoms with Crippen LogP contribution in [0.2, 0.25) is 0 Å². The number of ketones is 2. The highest BCUT2D eigenvalue weighted by Gasteiger charge is 2.16. The largest absolute Gasteiger partial charge is 0.294 e. The van der Waals surface area contributed by atoms with E-state index in [1.54, 1.807) is 25.2 Å². The number of Topliss-reactive ketones (excluding diaryl/α,β-unsaturated/α-hetero) is 2. The van der Waals surface area contributed by atoms with Gasteiger partial charge in [-0.2, -0.15) is 0 Å². The minimum absolute atomic E-state index is 0.0326. The lowest BCUT2D eigenvalue weighted by molar-refractivity contribution is -0.385. The molecule has 0 radical (unpaired) electrons. The zero-order valence-electron chi connectivity index (χ0n) is 12.1. The number of aryl methyl sites for hydroxylation is 2. The zero-order chi connectivity index (χ0) is 16.2. The number of hydrogen-bond donors (Lipinski definition) is 0. The number of carbonyl (C=O) groups excluding carboxylic acids is 2. The molecule has 0 aliphatic carbocycles. The molecule has 0 aromatic carbocycles. The van der Waals surface area contributed by atoms with Crippen molar-refractivity contribution in [1.82, 2.24) is 0 Å². The molecule has 0 N–H and O–H groups in total. The molecule has 0 saturated carbocycles. The van der Waals surface area contributed by atoms with Crippen molar-refractivity contribution in [3.05, 3.63) is 47.8 Å². The van der Waals surface area contributed by atoms with Gasteiger partial charge in [-0.1, -0.05) is 0 Å². The SMILES string of the molecule is CC(=O)c1cc([N+](=O)[O-])c(C)s1.CC(=O)c1ccc(C)s1. The molecule has 2 aromatic heterocycles. The highest BCUT2D eigenvalue weighted by Crippen LogP contribution is 2.27. The smallest absolute Gasteiger partial charge is 0.283 e. The predicted molar refractivity (Wildman–Crippen MR) is 84.8 cm³/mol. The molecule has 0 atom stereocenters. The molecule has 0 fully saturated rings. The maximum absolute atomic E-state index is 10.8. The highest BCUT2D eigenvalue weighted by molar-refractivity contribution is 7.14. The van der Waals surface area contributed by atoms with E-state index in [-0.39, 0.29) is 17.3 Å². The molecule has 0 bridgehead atoms. The number of hydrogen-bond acceptors (Lipinski definition) is 6. The first-order valence-electron chi connectivity index (χ1n) is 6.05. The van der Waals surface area contributed by atoms with Crippen molar-refractivity contribution >= 4 is 39.9 Å². The summed E-state index contributed by atoms with van der Waals surface area (Å²) in [4.78, 5) is 34.4. The number of carbonyl (C=O) groups is 2. The lowest BCUT2D eigenvalue weighted by Gasteiger charge is -1.83. The highest BCUT2D eigenvalue weighted by atomic mass is 32.1. The molecule has 0 saturated heterocycles. The molecule has 0 amide bonds. The third kappa shape index (κ3) is 4.87. The van der Waals surface area contributed by atoms with E-state index in [0.717, 1.165) is 16.2 Å². The topological polar surface area (TPSA) is 77.3 Å². The molecule has 0 unspecified atom stereocenters. The Kier molecular flexibility index (Phi) is 5.92. The van der Waals surface area contributed by atoms with E-state index in [0.29, 0.717) is 9.75 Å². The Morgan fingerprint density at radius 2 is 1.62 bits per heavy atom.